The molecule has 0 aliphatic carbocycles. The molecule has 1 aliphatic heterocycles. The van der Waals surface area contributed by atoms with Crippen LogP contribution in [0.2, 0.25) is 0 Å². The van der Waals surface area contributed by atoms with Crippen LogP contribution in [0.5, 0.6) is 5.75 Å². The van der Waals surface area contributed by atoms with Gasteiger partial charge in [0.15, 0.2) is 23.2 Å². The van der Waals surface area contributed by atoms with Crippen LogP contribution < -0.4 is 14.9 Å². The predicted octanol–water partition coefficient (Wildman–Crippen LogP) is 3.03. The van der Waals surface area contributed by atoms with Crippen LogP contribution in [-0.4, -0.2) is 74.3 Å². The number of imidazole rings is 1. The third-order valence-electron chi connectivity index (χ3n) is 6.12. The number of fused-ring (bicyclic) bond motifs is 1. The average molecular weight is 607 g/mol. The highest BCUT2D eigenvalue weighted by molar-refractivity contribution is 8.09. The van der Waals surface area contributed by atoms with Crippen LogP contribution in [0.4, 0.5) is 10.2 Å². The van der Waals surface area contributed by atoms with Gasteiger partial charge < -0.3 is 28.9 Å². The summed E-state index contributed by atoms with van der Waals surface area (Å²) in [6.45, 7) is 2.76. The molecule has 3 aromatic rings. The summed E-state index contributed by atoms with van der Waals surface area (Å²) >= 11 is 5.70. The minimum Gasteiger partial charge on any atom is -0.462 e. The van der Waals surface area contributed by atoms with E-state index in [1.165, 1.54) is 10.9 Å². The Morgan fingerprint density at radius 3 is 2.68 bits per heavy atom. The van der Waals surface area contributed by atoms with Crippen LogP contribution in [0.1, 0.15) is 32.8 Å². The fourth-order valence-electron chi connectivity index (χ4n) is 4.19. The number of aryl methyl sites for hydroxylation is 1. The van der Waals surface area contributed by atoms with Crippen molar-refractivity contribution in [2.24, 2.45) is 0 Å². The molecule has 41 heavy (non-hydrogen) atoms. The van der Waals surface area contributed by atoms with Gasteiger partial charge in [0, 0.05) is 7.05 Å². The van der Waals surface area contributed by atoms with Crippen molar-refractivity contribution in [3.8, 4) is 18.1 Å². The van der Waals surface area contributed by atoms with Crippen LogP contribution in [0.15, 0.2) is 36.7 Å². The lowest BCUT2D eigenvalue weighted by molar-refractivity contribution is -0.149. The molecular weight excluding hydrogens is 574 g/mol. The number of nitrogens with zero attached hydrogens (tertiary/aromatic N) is 4. The monoisotopic (exact) mass is 606 g/mol. The van der Waals surface area contributed by atoms with E-state index in [0.29, 0.717) is 22.9 Å². The summed E-state index contributed by atoms with van der Waals surface area (Å²) in [4.78, 5) is 25.4. The number of terminal acetylenes is 1. The number of aliphatic hydroxyl groups is 1. The number of hydrogen-bond acceptors (Lipinski definition) is 11. The molecule has 1 saturated heterocycles. The van der Waals surface area contributed by atoms with E-state index in [1.54, 1.807) is 65.1 Å². The minimum atomic E-state index is -3.49. The maximum Gasteiger partial charge on any atom is 0.323 e. The Morgan fingerprint density at radius 1 is 1.34 bits per heavy atom. The lowest BCUT2D eigenvalue weighted by Crippen LogP contribution is -2.42. The predicted molar refractivity (Wildman–Crippen MR) is 153 cm³/mol. The van der Waals surface area contributed by atoms with E-state index in [0.717, 1.165) is 0 Å². The molecule has 12 nitrogen and oxygen atoms in total. The van der Waals surface area contributed by atoms with Crippen molar-refractivity contribution in [2.45, 2.75) is 63.9 Å². The number of halogens is 1. The third-order valence-corrected chi connectivity index (χ3v) is 8.62. The van der Waals surface area contributed by atoms with Crippen molar-refractivity contribution in [3.05, 3.63) is 42.5 Å². The molecule has 0 spiro atoms. The normalized spacial score (nSPS) is 24.5. The smallest absolute Gasteiger partial charge is 0.323 e. The zero-order chi connectivity index (χ0) is 29.9. The summed E-state index contributed by atoms with van der Waals surface area (Å²) < 4.78 is 40.7. The van der Waals surface area contributed by atoms with Gasteiger partial charge in [-0.25, -0.2) is 24.4 Å². The molecule has 0 radical (unpaired) electrons. The summed E-state index contributed by atoms with van der Waals surface area (Å²) in [5, 5.41) is 16.8. The van der Waals surface area contributed by atoms with Crippen molar-refractivity contribution in [2.75, 3.05) is 19.0 Å². The number of aliphatic hydroxyl groups excluding tert-OH is 1. The zero-order valence-electron chi connectivity index (χ0n) is 23.1. The van der Waals surface area contributed by atoms with Crippen molar-refractivity contribution in [3.63, 3.8) is 0 Å². The Bertz CT molecular complexity index is 1490. The number of benzene rings is 1. The molecule has 15 heteroatoms. The number of alkyl halides is 1. The second-order valence-corrected chi connectivity index (χ2v) is 12.7. The number of para-hydroxylation sites is 1. The summed E-state index contributed by atoms with van der Waals surface area (Å²) in [6, 6.07) is 7.70. The molecule has 2 aromatic heterocycles. The minimum absolute atomic E-state index is 0.259. The molecule has 1 aromatic carbocycles. The fraction of sp³-hybridized carbons (Fsp3) is 0.462. The Hall–Kier alpha value is -3.18. The van der Waals surface area contributed by atoms with Gasteiger partial charge in [0.05, 0.1) is 19.0 Å². The Balaban J connectivity index is 1.60. The van der Waals surface area contributed by atoms with Crippen LogP contribution in [0, 0.1) is 19.3 Å². The first-order valence-corrected chi connectivity index (χ1v) is 15.4. The van der Waals surface area contributed by atoms with Crippen molar-refractivity contribution >= 4 is 41.4 Å². The number of aromatic nitrogens is 4. The molecule has 0 amide bonds. The van der Waals surface area contributed by atoms with E-state index in [4.69, 9.17) is 36.8 Å². The molecule has 3 N–H and O–H groups in total. The van der Waals surface area contributed by atoms with Gasteiger partial charge >= 0.3 is 12.6 Å². The van der Waals surface area contributed by atoms with Crippen molar-refractivity contribution in [1.82, 2.24) is 24.6 Å². The number of anilines is 1. The lowest BCUT2D eigenvalue weighted by Gasteiger charge is -2.28. The Labute approximate surface area is 242 Å². The number of nitrogens with one attached hydrogen (secondary N) is 2. The fourth-order valence-corrected chi connectivity index (χ4v) is 6.61. The van der Waals surface area contributed by atoms with Crippen LogP contribution in [0.25, 0.3) is 11.2 Å². The van der Waals surface area contributed by atoms with Crippen LogP contribution in [-0.2, 0) is 30.6 Å². The standard InChI is InChI=1S/C26H32FN6O6PS/c1-7-26(27)21(34)19(38-25(26)33-14-29-20-22(28-6)30-17(5)31-23(20)33)13-36-40(41,39-18-11-9-8-10-12-18)32-16(4)24(35)37-15(2)3/h1,8-12,14-16,19,21,25,34H,13H2,2-6H3,(H,32,41)(H,28,30,31)/t16-,19-,21-,25-,26-,40?/m1/s1. The molecule has 0 saturated carbocycles. The van der Waals surface area contributed by atoms with Gasteiger partial charge in [-0.15, -0.1) is 6.42 Å². The molecule has 6 atom stereocenters. The van der Waals surface area contributed by atoms with Crippen molar-refractivity contribution in [1.29, 1.82) is 0 Å². The number of esters is 1. The highest BCUT2D eigenvalue weighted by Crippen LogP contribution is 2.48. The number of carbonyl (C=O) groups is 1. The molecule has 0 bridgehead atoms. The van der Waals surface area contributed by atoms with E-state index < -0.39 is 49.4 Å². The molecular formula is C26H32FN6O6PS. The van der Waals surface area contributed by atoms with E-state index in [-0.39, 0.29) is 11.8 Å². The van der Waals surface area contributed by atoms with Gasteiger partial charge in [-0.3, -0.25) is 9.36 Å². The molecule has 1 aliphatic rings. The Morgan fingerprint density at radius 2 is 2.05 bits per heavy atom. The molecule has 220 valence electrons. The van der Waals surface area contributed by atoms with E-state index >= 15 is 4.39 Å². The second kappa shape index (κ2) is 12.4. The quantitative estimate of drug-likeness (QED) is 0.168. The van der Waals surface area contributed by atoms with Gasteiger partial charge in [0.1, 0.15) is 29.8 Å². The van der Waals surface area contributed by atoms with Crippen LogP contribution >= 0.6 is 6.64 Å². The Kier molecular flexibility index (Phi) is 9.28. The number of rotatable bonds is 11. The van der Waals surface area contributed by atoms with Gasteiger partial charge in [-0.05, 0) is 51.6 Å². The molecule has 1 fully saturated rings. The van der Waals surface area contributed by atoms with Gasteiger partial charge in [-0.2, -0.15) is 0 Å². The first-order chi connectivity index (χ1) is 19.4. The topological polar surface area (TPSA) is 142 Å². The zero-order valence-corrected chi connectivity index (χ0v) is 24.9. The summed E-state index contributed by atoms with van der Waals surface area (Å²) in [5.41, 5.74) is -2.05. The summed E-state index contributed by atoms with van der Waals surface area (Å²) in [7, 11) is 1.67. The van der Waals surface area contributed by atoms with Gasteiger partial charge in [-0.1, -0.05) is 24.1 Å². The molecule has 3 heterocycles. The van der Waals surface area contributed by atoms with Gasteiger partial charge in [0.2, 0.25) is 5.67 Å². The van der Waals surface area contributed by atoms with Gasteiger partial charge in [0.25, 0.3) is 0 Å². The van der Waals surface area contributed by atoms with Crippen molar-refractivity contribution < 1.29 is 32.8 Å². The highest BCUT2D eigenvalue weighted by atomic mass is 32.5. The highest BCUT2D eigenvalue weighted by Gasteiger charge is 2.58. The van der Waals surface area contributed by atoms with E-state index in [2.05, 4.69) is 25.4 Å². The first kappa shape index (κ1) is 30.8. The maximum absolute atomic E-state index is 16.2. The number of hydrogen-bond donors (Lipinski definition) is 3. The first-order valence-electron chi connectivity index (χ1n) is 12.8. The molecule has 1 unspecified atom stereocenters. The van der Waals surface area contributed by atoms with Crippen LogP contribution in [0.3, 0.4) is 0 Å². The SMILES string of the molecule is C#C[C@@]1(F)[C@H](O)[C@@H](COP(=S)(N[C@H](C)C(=O)OC(C)C)Oc2ccccc2)O[C@H]1n1cnc2c(NC)nc(C)nc21. The lowest BCUT2D eigenvalue weighted by atomic mass is 9.97. The largest absolute Gasteiger partial charge is 0.462 e. The summed E-state index contributed by atoms with van der Waals surface area (Å²) in [5.74, 6) is 2.69. The number of ether oxygens (including phenoxy) is 2. The average Bonchev–Trinajstić information content (AvgIpc) is 3.45. The maximum atomic E-state index is 16.2. The second-order valence-electron chi connectivity index (χ2n) is 9.61. The third kappa shape index (κ3) is 6.51. The number of carbonyl (C=O) groups excluding carboxylic acids is 1. The van der Waals surface area contributed by atoms with E-state index in [1.807, 2.05) is 5.92 Å². The molecule has 4 rings (SSSR count). The summed E-state index contributed by atoms with van der Waals surface area (Å²) in [6.07, 6.45) is 1.97. The van der Waals surface area contributed by atoms with E-state index in [9.17, 15) is 9.90 Å².